The molecule has 0 aliphatic carbocycles. The van der Waals surface area contributed by atoms with Gasteiger partial charge >= 0.3 is 0 Å². The molecule has 1 unspecified atom stereocenters. The second-order valence-electron chi connectivity index (χ2n) is 4.87. The topological polar surface area (TPSA) is 110 Å². The van der Waals surface area contributed by atoms with Crippen LogP contribution in [0.4, 0.5) is 11.6 Å². The highest BCUT2D eigenvalue weighted by atomic mass is 32.2. The summed E-state index contributed by atoms with van der Waals surface area (Å²) < 4.78 is 23.1. The van der Waals surface area contributed by atoms with Gasteiger partial charge in [-0.3, -0.25) is 0 Å². The van der Waals surface area contributed by atoms with Crippen molar-refractivity contribution < 1.29 is 8.42 Å². The second kappa shape index (κ2) is 4.36. The lowest BCUT2D eigenvalue weighted by atomic mass is 10.0. The molecule has 1 fully saturated rings. The van der Waals surface area contributed by atoms with Gasteiger partial charge in [-0.05, 0) is 20.3 Å². The summed E-state index contributed by atoms with van der Waals surface area (Å²) in [5, 5.41) is 3.19. The number of rotatable bonds is 3. The quantitative estimate of drug-likeness (QED) is 0.526. The van der Waals surface area contributed by atoms with E-state index in [2.05, 4.69) is 20.7 Å². The van der Waals surface area contributed by atoms with E-state index >= 15 is 0 Å². The zero-order valence-corrected chi connectivity index (χ0v) is 11.2. The molecule has 0 aromatic carbocycles. The molecule has 1 saturated heterocycles. The van der Waals surface area contributed by atoms with Gasteiger partial charge in [0.25, 0.3) is 0 Å². The first-order chi connectivity index (χ1) is 8.35. The fourth-order valence-electron chi connectivity index (χ4n) is 2.12. The van der Waals surface area contributed by atoms with Crippen molar-refractivity contribution in [2.45, 2.75) is 25.8 Å². The maximum absolute atomic E-state index is 11.5. The van der Waals surface area contributed by atoms with Gasteiger partial charge in [0.1, 0.15) is 18.0 Å². The van der Waals surface area contributed by atoms with Crippen molar-refractivity contribution in [3.8, 4) is 0 Å². The van der Waals surface area contributed by atoms with E-state index < -0.39 is 15.4 Å². The summed E-state index contributed by atoms with van der Waals surface area (Å²) in [4.78, 5) is 8.11. The lowest BCUT2D eigenvalue weighted by Gasteiger charge is -2.25. The molecule has 1 aliphatic heterocycles. The van der Waals surface area contributed by atoms with E-state index in [1.165, 1.54) is 6.33 Å². The Bertz CT molecular complexity index is 559. The standard InChI is InChI=1S/C10H17N5O2S/c1-7-8(12-6-13-9(7)15-11)14-10(2)3-4-18(16,17)5-10/h6H,3-5,11H2,1-2H3,(H2,12,13,14,15). The SMILES string of the molecule is Cc1c(NN)ncnc1NC1(C)CCS(=O)(=O)C1. The normalized spacial score (nSPS) is 25.9. The average molecular weight is 271 g/mol. The van der Waals surface area contributed by atoms with Crippen molar-refractivity contribution in [1.29, 1.82) is 0 Å². The summed E-state index contributed by atoms with van der Waals surface area (Å²) in [6.45, 7) is 3.71. The van der Waals surface area contributed by atoms with Crippen LogP contribution in [0.3, 0.4) is 0 Å². The molecular formula is C10H17N5O2S. The Balaban J connectivity index is 2.25. The lowest BCUT2D eigenvalue weighted by molar-refractivity contribution is 0.571. The van der Waals surface area contributed by atoms with Crippen LogP contribution < -0.4 is 16.6 Å². The maximum atomic E-state index is 11.5. The molecule has 4 N–H and O–H groups in total. The molecule has 100 valence electrons. The van der Waals surface area contributed by atoms with Gasteiger partial charge in [-0.2, -0.15) is 0 Å². The van der Waals surface area contributed by atoms with Crippen LogP contribution in [0, 0.1) is 6.92 Å². The van der Waals surface area contributed by atoms with Crippen LogP contribution >= 0.6 is 0 Å². The number of nitrogens with one attached hydrogen (secondary N) is 2. The van der Waals surface area contributed by atoms with Crippen molar-refractivity contribution in [2.24, 2.45) is 5.84 Å². The number of nitrogens with zero attached hydrogens (tertiary/aromatic N) is 2. The summed E-state index contributed by atoms with van der Waals surface area (Å²) in [6, 6.07) is 0. The summed E-state index contributed by atoms with van der Waals surface area (Å²) in [5.74, 6) is 6.80. The highest BCUT2D eigenvalue weighted by molar-refractivity contribution is 7.91. The molecule has 1 aromatic rings. The monoisotopic (exact) mass is 271 g/mol. The Morgan fingerprint density at radius 1 is 1.39 bits per heavy atom. The van der Waals surface area contributed by atoms with Gasteiger partial charge < -0.3 is 10.7 Å². The first-order valence-electron chi connectivity index (χ1n) is 5.62. The number of sulfone groups is 1. The van der Waals surface area contributed by atoms with Crippen molar-refractivity contribution >= 4 is 21.5 Å². The average Bonchev–Trinajstić information content (AvgIpc) is 2.56. The van der Waals surface area contributed by atoms with Crippen molar-refractivity contribution in [2.75, 3.05) is 22.2 Å². The van der Waals surface area contributed by atoms with Gasteiger partial charge in [0.2, 0.25) is 0 Å². The van der Waals surface area contributed by atoms with Gasteiger partial charge in [-0.1, -0.05) is 0 Å². The molecule has 7 nitrogen and oxygen atoms in total. The number of nitrogen functional groups attached to an aromatic ring is 1. The van der Waals surface area contributed by atoms with E-state index in [0.717, 1.165) is 5.56 Å². The number of hydrogen-bond acceptors (Lipinski definition) is 7. The molecular weight excluding hydrogens is 254 g/mol. The Kier molecular flexibility index (Phi) is 3.16. The minimum absolute atomic E-state index is 0.120. The van der Waals surface area contributed by atoms with E-state index in [9.17, 15) is 8.42 Å². The zero-order chi connectivity index (χ0) is 13.4. The van der Waals surface area contributed by atoms with Gasteiger partial charge in [-0.15, -0.1) is 0 Å². The summed E-state index contributed by atoms with van der Waals surface area (Å²) in [5.41, 5.74) is 2.77. The zero-order valence-electron chi connectivity index (χ0n) is 10.4. The number of anilines is 2. The minimum atomic E-state index is -2.95. The van der Waals surface area contributed by atoms with Crippen molar-refractivity contribution in [1.82, 2.24) is 9.97 Å². The molecule has 1 atom stereocenters. The Morgan fingerprint density at radius 3 is 2.61 bits per heavy atom. The highest BCUT2D eigenvalue weighted by Crippen LogP contribution is 2.28. The van der Waals surface area contributed by atoms with Gasteiger partial charge in [0.05, 0.1) is 17.0 Å². The van der Waals surface area contributed by atoms with E-state index in [1.54, 1.807) is 0 Å². The van der Waals surface area contributed by atoms with Crippen molar-refractivity contribution in [3.05, 3.63) is 11.9 Å². The van der Waals surface area contributed by atoms with Crippen LogP contribution in [0.5, 0.6) is 0 Å². The Labute approximate surface area is 106 Å². The van der Waals surface area contributed by atoms with Crippen LogP contribution in [-0.2, 0) is 9.84 Å². The van der Waals surface area contributed by atoms with Gasteiger partial charge in [0, 0.05) is 5.56 Å². The van der Waals surface area contributed by atoms with Crippen LogP contribution in [0.2, 0.25) is 0 Å². The lowest BCUT2D eigenvalue weighted by Crippen LogP contribution is -2.36. The summed E-state index contributed by atoms with van der Waals surface area (Å²) in [7, 11) is -2.95. The van der Waals surface area contributed by atoms with Crippen LogP contribution in [0.1, 0.15) is 18.9 Å². The van der Waals surface area contributed by atoms with Crippen LogP contribution in [0.25, 0.3) is 0 Å². The van der Waals surface area contributed by atoms with Crippen LogP contribution in [-0.4, -0.2) is 35.4 Å². The van der Waals surface area contributed by atoms with E-state index in [4.69, 9.17) is 5.84 Å². The Hall–Kier alpha value is -1.41. The molecule has 1 aromatic heterocycles. The highest BCUT2D eigenvalue weighted by Gasteiger charge is 2.38. The molecule has 0 radical (unpaired) electrons. The molecule has 8 heteroatoms. The van der Waals surface area contributed by atoms with E-state index in [-0.39, 0.29) is 11.5 Å². The van der Waals surface area contributed by atoms with E-state index in [1.807, 2.05) is 13.8 Å². The third kappa shape index (κ3) is 2.54. The summed E-state index contributed by atoms with van der Waals surface area (Å²) in [6.07, 6.45) is 1.96. The number of hydrogen-bond donors (Lipinski definition) is 3. The van der Waals surface area contributed by atoms with Crippen LogP contribution in [0.15, 0.2) is 6.33 Å². The van der Waals surface area contributed by atoms with Gasteiger partial charge in [0.15, 0.2) is 9.84 Å². The maximum Gasteiger partial charge on any atom is 0.152 e. The van der Waals surface area contributed by atoms with Crippen molar-refractivity contribution in [3.63, 3.8) is 0 Å². The minimum Gasteiger partial charge on any atom is -0.363 e. The third-order valence-corrected chi connectivity index (χ3v) is 5.05. The molecule has 2 heterocycles. The first-order valence-corrected chi connectivity index (χ1v) is 7.44. The molecule has 18 heavy (non-hydrogen) atoms. The molecule has 0 saturated carbocycles. The fourth-order valence-corrected chi connectivity index (χ4v) is 4.21. The predicted molar refractivity (Wildman–Crippen MR) is 69.9 cm³/mol. The molecule has 0 amide bonds. The molecule has 2 rings (SSSR count). The third-order valence-electron chi connectivity index (χ3n) is 3.14. The fraction of sp³-hybridized carbons (Fsp3) is 0.600. The smallest absolute Gasteiger partial charge is 0.152 e. The summed E-state index contributed by atoms with van der Waals surface area (Å²) >= 11 is 0. The molecule has 0 spiro atoms. The Morgan fingerprint density at radius 2 is 2.06 bits per heavy atom. The number of aromatic nitrogens is 2. The number of nitrogens with two attached hydrogens (primary N) is 1. The van der Waals surface area contributed by atoms with E-state index in [0.29, 0.717) is 18.1 Å². The predicted octanol–water partition coefficient (Wildman–Crippen LogP) is 0.0597. The number of hydrazine groups is 1. The molecule has 1 aliphatic rings. The largest absolute Gasteiger partial charge is 0.363 e. The molecule has 0 bridgehead atoms. The first kappa shape index (κ1) is 13.0. The van der Waals surface area contributed by atoms with Gasteiger partial charge in [-0.25, -0.2) is 24.2 Å². The second-order valence-corrected chi connectivity index (χ2v) is 7.05.